The molecule has 1 fully saturated rings. The molecule has 0 bridgehead atoms. The van der Waals surface area contributed by atoms with E-state index in [4.69, 9.17) is 17.3 Å². The van der Waals surface area contributed by atoms with Crippen LogP contribution in [0.25, 0.3) is 0 Å². The van der Waals surface area contributed by atoms with Gasteiger partial charge in [-0.05, 0) is 43.5 Å². The average Bonchev–Trinajstić information content (AvgIpc) is 3.34. The molecule has 3 N–H and O–H groups in total. The van der Waals surface area contributed by atoms with Gasteiger partial charge in [0, 0.05) is 29.6 Å². The van der Waals surface area contributed by atoms with E-state index in [9.17, 15) is 9.59 Å². The van der Waals surface area contributed by atoms with Crippen LogP contribution in [0.1, 0.15) is 36.6 Å². The standard InChI is InChI=1S/C17H20ClN5O2S/c1-10-8-12(18)4-5-13(10)20-15(25)9-26-17-22-21-16(11-2-3-11)23(17)7-6-14(19)24/h4-5,8,11H,2-3,6-7,9H2,1H3,(H2,19,24)(H,20,25). The molecule has 138 valence electrons. The predicted octanol–water partition coefficient (Wildman–Crippen LogP) is 2.72. The number of primary amides is 1. The number of nitrogens with one attached hydrogen (secondary N) is 1. The average molecular weight is 394 g/mol. The Morgan fingerprint density at radius 3 is 2.81 bits per heavy atom. The van der Waals surface area contributed by atoms with Crippen LogP contribution in [0.2, 0.25) is 5.02 Å². The molecule has 1 saturated carbocycles. The second-order valence-corrected chi connectivity index (χ2v) is 7.66. The molecule has 1 aromatic heterocycles. The number of aryl methyl sites for hydroxylation is 1. The van der Waals surface area contributed by atoms with Gasteiger partial charge < -0.3 is 15.6 Å². The van der Waals surface area contributed by atoms with Gasteiger partial charge in [-0.3, -0.25) is 9.59 Å². The number of hydrogen-bond donors (Lipinski definition) is 2. The van der Waals surface area contributed by atoms with Gasteiger partial charge in [0.2, 0.25) is 11.8 Å². The lowest BCUT2D eigenvalue weighted by Gasteiger charge is -2.10. The summed E-state index contributed by atoms with van der Waals surface area (Å²) in [6.45, 7) is 2.32. The summed E-state index contributed by atoms with van der Waals surface area (Å²) in [5.74, 6) is 0.963. The molecule has 0 saturated heterocycles. The van der Waals surface area contributed by atoms with Gasteiger partial charge in [-0.15, -0.1) is 10.2 Å². The van der Waals surface area contributed by atoms with Crippen LogP contribution in [0.4, 0.5) is 5.69 Å². The van der Waals surface area contributed by atoms with E-state index in [0.29, 0.717) is 22.6 Å². The molecule has 9 heteroatoms. The Labute approximate surface area is 160 Å². The highest BCUT2D eigenvalue weighted by molar-refractivity contribution is 7.99. The lowest BCUT2D eigenvalue weighted by molar-refractivity contribution is -0.118. The van der Waals surface area contributed by atoms with Crippen molar-refractivity contribution in [2.45, 2.75) is 43.8 Å². The minimum Gasteiger partial charge on any atom is -0.370 e. The summed E-state index contributed by atoms with van der Waals surface area (Å²) in [5.41, 5.74) is 6.89. The Kier molecular flexibility index (Phi) is 5.83. The number of benzene rings is 1. The zero-order chi connectivity index (χ0) is 18.7. The number of anilines is 1. The highest BCUT2D eigenvalue weighted by atomic mass is 35.5. The minimum atomic E-state index is -0.368. The van der Waals surface area contributed by atoms with E-state index >= 15 is 0 Å². The molecule has 0 spiro atoms. The van der Waals surface area contributed by atoms with Crippen LogP contribution in [0, 0.1) is 6.92 Å². The number of nitrogens with zero attached hydrogens (tertiary/aromatic N) is 3. The fourth-order valence-corrected chi connectivity index (χ4v) is 3.56. The normalized spacial score (nSPS) is 13.6. The van der Waals surface area contributed by atoms with Gasteiger partial charge in [-0.2, -0.15) is 0 Å². The predicted molar refractivity (Wildman–Crippen MR) is 101 cm³/mol. The number of rotatable bonds is 8. The van der Waals surface area contributed by atoms with Crippen LogP contribution in [0.3, 0.4) is 0 Å². The summed E-state index contributed by atoms with van der Waals surface area (Å²) < 4.78 is 1.91. The summed E-state index contributed by atoms with van der Waals surface area (Å²) >= 11 is 7.23. The van der Waals surface area contributed by atoms with Crippen LogP contribution in [-0.2, 0) is 16.1 Å². The summed E-state index contributed by atoms with van der Waals surface area (Å²) in [5, 5.41) is 12.6. The Bertz CT molecular complexity index is 835. The first-order valence-electron chi connectivity index (χ1n) is 8.34. The van der Waals surface area contributed by atoms with E-state index in [1.54, 1.807) is 18.2 Å². The second kappa shape index (κ2) is 8.09. The molecule has 7 nitrogen and oxygen atoms in total. The number of halogens is 1. The van der Waals surface area contributed by atoms with Crippen LogP contribution in [0.5, 0.6) is 0 Å². The second-order valence-electron chi connectivity index (χ2n) is 6.28. The van der Waals surface area contributed by atoms with Crippen molar-refractivity contribution in [2.75, 3.05) is 11.1 Å². The van der Waals surface area contributed by atoms with Gasteiger partial charge in [0.15, 0.2) is 5.16 Å². The largest absolute Gasteiger partial charge is 0.370 e. The first-order chi connectivity index (χ1) is 12.4. The molecule has 1 aliphatic carbocycles. The molecule has 0 atom stereocenters. The van der Waals surface area contributed by atoms with E-state index in [1.165, 1.54) is 11.8 Å². The van der Waals surface area contributed by atoms with Crippen molar-refractivity contribution in [1.82, 2.24) is 14.8 Å². The third kappa shape index (κ3) is 4.76. The van der Waals surface area contributed by atoms with Crippen molar-refractivity contribution in [1.29, 1.82) is 0 Å². The molecule has 0 unspecified atom stereocenters. The number of thioether (sulfide) groups is 1. The Balaban J connectivity index is 1.63. The molecule has 0 radical (unpaired) electrons. The fourth-order valence-electron chi connectivity index (χ4n) is 2.57. The molecule has 1 aromatic carbocycles. The lowest BCUT2D eigenvalue weighted by atomic mass is 10.2. The van der Waals surface area contributed by atoms with E-state index in [-0.39, 0.29) is 24.0 Å². The van der Waals surface area contributed by atoms with E-state index < -0.39 is 0 Å². The molecule has 3 rings (SSSR count). The highest BCUT2D eigenvalue weighted by Gasteiger charge is 2.30. The maximum Gasteiger partial charge on any atom is 0.234 e. The molecule has 0 aliphatic heterocycles. The van der Waals surface area contributed by atoms with Gasteiger partial charge in [-0.25, -0.2) is 0 Å². The topological polar surface area (TPSA) is 103 Å². The molecule has 1 heterocycles. The Hall–Kier alpha value is -2.06. The van der Waals surface area contributed by atoms with Gasteiger partial charge >= 0.3 is 0 Å². The lowest BCUT2D eigenvalue weighted by Crippen LogP contribution is -2.17. The maximum absolute atomic E-state index is 12.3. The molecular weight excluding hydrogens is 374 g/mol. The van der Waals surface area contributed by atoms with Crippen molar-refractivity contribution in [3.05, 3.63) is 34.6 Å². The summed E-state index contributed by atoms with van der Waals surface area (Å²) in [6.07, 6.45) is 2.38. The van der Waals surface area contributed by atoms with Gasteiger partial charge in [0.05, 0.1) is 5.75 Å². The quantitative estimate of drug-likeness (QED) is 0.671. The van der Waals surface area contributed by atoms with Crippen molar-refractivity contribution in [2.24, 2.45) is 5.73 Å². The van der Waals surface area contributed by atoms with Crippen molar-refractivity contribution >= 4 is 40.9 Å². The summed E-state index contributed by atoms with van der Waals surface area (Å²) in [6, 6.07) is 5.31. The Morgan fingerprint density at radius 1 is 1.38 bits per heavy atom. The van der Waals surface area contributed by atoms with Crippen molar-refractivity contribution in [3.63, 3.8) is 0 Å². The van der Waals surface area contributed by atoms with Crippen LogP contribution in [-0.4, -0.2) is 32.3 Å². The van der Waals surface area contributed by atoms with Crippen molar-refractivity contribution in [3.8, 4) is 0 Å². The monoisotopic (exact) mass is 393 g/mol. The number of aromatic nitrogens is 3. The smallest absolute Gasteiger partial charge is 0.234 e. The first-order valence-corrected chi connectivity index (χ1v) is 9.70. The third-order valence-electron chi connectivity index (χ3n) is 4.06. The highest BCUT2D eigenvalue weighted by Crippen LogP contribution is 2.40. The Morgan fingerprint density at radius 2 is 2.15 bits per heavy atom. The van der Waals surface area contributed by atoms with Crippen LogP contribution < -0.4 is 11.1 Å². The SMILES string of the molecule is Cc1cc(Cl)ccc1NC(=O)CSc1nnc(C2CC2)n1CCC(N)=O. The molecule has 26 heavy (non-hydrogen) atoms. The summed E-state index contributed by atoms with van der Waals surface area (Å²) in [7, 11) is 0. The van der Waals surface area contributed by atoms with E-state index in [1.807, 2.05) is 11.5 Å². The van der Waals surface area contributed by atoms with E-state index in [0.717, 1.165) is 29.9 Å². The van der Waals surface area contributed by atoms with Gasteiger partial charge in [-0.1, -0.05) is 23.4 Å². The van der Waals surface area contributed by atoms with E-state index in [2.05, 4.69) is 15.5 Å². The maximum atomic E-state index is 12.3. The molecule has 2 amide bonds. The third-order valence-corrected chi connectivity index (χ3v) is 5.27. The molecular formula is C17H20ClN5O2S. The number of amides is 2. The zero-order valence-corrected chi connectivity index (χ0v) is 15.9. The number of carbonyl (C=O) groups is 2. The van der Waals surface area contributed by atoms with Crippen LogP contribution in [0.15, 0.2) is 23.4 Å². The molecule has 2 aromatic rings. The van der Waals surface area contributed by atoms with Gasteiger partial charge in [0.1, 0.15) is 5.82 Å². The van der Waals surface area contributed by atoms with Gasteiger partial charge in [0.25, 0.3) is 0 Å². The molecule has 1 aliphatic rings. The first kappa shape index (κ1) is 18.7. The van der Waals surface area contributed by atoms with Crippen LogP contribution >= 0.6 is 23.4 Å². The minimum absolute atomic E-state index is 0.141. The number of carbonyl (C=O) groups excluding carboxylic acids is 2. The van der Waals surface area contributed by atoms with Crippen molar-refractivity contribution < 1.29 is 9.59 Å². The summed E-state index contributed by atoms with van der Waals surface area (Å²) in [4.78, 5) is 23.4. The number of nitrogens with two attached hydrogens (primary N) is 1. The fraction of sp³-hybridized carbons (Fsp3) is 0.412. The number of hydrogen-bond acceptors (Lipinski definition) is 5. The zero-order valence-electron chi connectivity index (χ0n) is 14.4.